The Morgan fingerprint density at radius 2 is 1.85 bits per heavy atom. The highest BCUT2D eigenvalue weighted by molar-refractivity contribution is 6.34. The standard InChI is InChI=1S/C22H15ClF10N6O2/c1-39-15(13(20(26,27)28)17(38-39)41-22(32,33)18(25)21(29,30)31)36-7-10(6-34)9-4-11(14(23)12(24)5-9)16(40)37-19(8-35)2-3-19/h4-7,18,34,36H,2-3H2,1H3,(H,37,40)/b10-7+,34-6?. The molecule has 19 heteroatoms. The number of aromatic nitrogens is 2. The number of hydrogen-bond acceptors (Lipinski definition) is 6. The van der Waals surface area contributed by atoms with Crippen LogP contribution >= 0.6 is 11.6 Å². The number of ether oxygens (including phenoxy) is 1. The molecule has 3 N–H and O–H groups in total. The first-order chi connectivity index (χ1) is 18.8. The molecule has 1 aliphatic rings. The van der Waals surface area contributed by atoms with E-state index in [9.17, 15) is 48.7 Å². The summed E-state index contributed by atoms with van der Waals surface area (Å²) in [7, 11) is 0.741. The van der Waals surface area contributed by atoms with Crippen LogP contribution in [0.25, 0.3) is 5.57 Å². The van der Waals surface area contributed by atoms with E-state index in [2.05, 4.69) is 15.2 Å². The smallest absolute Gasteiger partial charge is 0.410 e. The number of carbonyl (C=O) groups is 1. The normalized spacial score (nSPS) is 16.0. The molecule has 2 aromatic rings. The number of benzene rings is 1. The molecule has 1 saturated carbocycles. The Morgan fingerprint density at radius 1 is 1.24 bits per heavy atom. The molecule has 0 aliphatic heterocycles. The monoisotopic (exact) mass is 620 g/mol. The van der Waals surface area contributed by atoms with Crippen LogP contribution in [0.1, 0.15) is 34.3 Å². The maximum absolute atomic E-state index is 14.5. The minimum absolute atomic E-state index is 0.228. The van der Waals surface area contributed by atoms with Gasteiger partial charge in [-0.25, -0.2) is 13.5 Å². The van der Waals surface area contributed by atoms with Crippen LogP contribution in [-0.4, -0.2) is 45.9 Å². The van der Waals surface area contributed by atoms with Crippen molar-refractivity contribution in [3.05, 3.63) is 45.9 Å². The van der Waals surface area contributed by atoms with Crippen LogP contribution in [0.5, 0.6) is 5.88 Å². The highest BCUT2D eigenvalue weighted by Gasteiger charge is 2.60. The van der Waals surface area contributed by atoms with Gasteiger partial charge in [0.25, 0.3) is 18.0 Å². The first kappa shape index (κ1) is 31.5. The SMILES string of the molecule is Cn1nc(OC(F)(F)C(F)C(F)(F)F)c(C(F)(F)F)c1N/C=C(\C=N)c1cc(F)c(Cl)c(C(=O)NC2(C#N)CC2)c1. The van der Waals surface area contributed by atoms with E-state index < -0.39 is 75.3 Å². The number of anilines is 1. The number of amides is 1. The van der Waals surface area contributed by atoms with E-state index in [0.29, 0.717) is 31.3 Å². The van der Waals surface area contributed by atoms with Crippen LogP contribution in [-0.2, 0) is 13.2 Å². The molecular formula is C22H15ClF10N6O2. The zero-order valence-corrected chi connectivity index (χ0v) is 20.9. The average molecular weight is 621 g/mol. The lowest BCUT2D eigenvalue weighted by Gasteiger charge is -2.22. The summed E-state index contributed by atoms with van der Waals surface area (Å²) in [5, 5.41) is 23.3. The second-order valence-electron chi connectivity index (χ2n) is 8.57. The van der Waals surface area contributed by atoms with Gasteiger partial charge in [0.15, 0.2) is 5.56 Å². The Labute approximate surface area is 228 Å². The van der Waals surface area contributed by atoms with Crippen molar-refractivity contribution in [3.8, 4) is 11.9 Å². The molecule has 0 bridgehead atoms. The summed E-state index contributed by atoms with van der Waals surface area (Å²) in [5.41, 5.74) is -4.55. The molecule has 41 heavy (non-hydrogen) atoms. The summed E-state index contributed by atoms with van der Waals surface area (Å²) < 4.78 is 137. The number of hydrogen-bond donors (Lipinski definition) is 3. The highest BCUT2D eigenvalue weighted by Crippen LogP contribution is 2.44. The van der Waals surface area contributed by atoms with E-state index in [4.69, 9.17) is 22.3 Å². The van der Waals surface area contributed by atoms with Crippen LogP contribution in [0.3, 0.4) is 0 Å². The first-order valence-corrected chi connectivity index (χ1v) is 11.3. The molecule has 1 aromatic carbocycles. The minimum Gasteiger partial charge on any atom is -0.410 e. The van der Waals surface area contributed by atoms with Gasteiger partial charge in [0.05, 0.1) is 16.7 Å². The van der Waals surface area contributed by atoms with Gasteiger partial charge in [-0.15, -0.1) is 5.10 Å². The Bertz CT molecular complexity index is 1440. The van der Waals surface area contributed by atoms with E-state index in [0.717, 1.165) is 13.1 Å². The van der Waals surface area contributed by atoms with Crippen molar-refractivity contribution in [1.29, 1.82) is 10.7 Å². The molecule has 1 atom stereocenters. The topological polar surface area (TPSA) is 116 Å². The predicted molar refractivity (Wildman–Crippen MR) is 122 cm³/mol. The minimum atomic E-state index is -6.18. The van der Waals surface area contributed by atoms with Crippen molar-refractivity contribution in [2.24, 2.45) is 7.05 Å². The number of rotatable bonds is 9. The van der Waals surface area contributed by atoms with Gasteiger partial charge in [-0.05, 0) is 30.5 Å². The van der Waals surface area contributed by atoms with Gasteiger partial charge >= 0.3 is 18.5 Å². The van der Waals surface area contributed by atoms with E-state index in [1.807, 2.05) is 11.4 Å². The summed E-state index contributed by atoms with van der Waals surface area (Å²) in [6, 6.07) is 3.52. The summed E-state index contributed by atoms with van der Waals surface area (Å²) >= 11 is 5.85. The average Bonchev–Trinajstić information content (AvgIpc) is 3.55. The van der Waals surface area contributed by atoms with Gasteiger partial charge in [-0.1, -0.05) is 11.6 Å². The number of nitriles is 1. The van der Waals surface area contributed by atoms with Crippen molar-refractivity contribution in [3.63, 3.8) is 0 Å². The fourth-order valence-corrected chi connectivity index (χ4v) is 3.51. The van der Waals surface area contributed by atoms with E-state index in [1.54, 1.807) is 0 Å². The molecule has 8 nitrogen and oxygen atoms in total. The van der Waals surface area contributed by atoms with Gasteiger partial charge in [0.1, 0.15) is 17.2 Å². The largest absolute Gasteiger partial charge is 0.440 e. The van der Waals surface area contributed by atoms with Crippen molar-refractivity contribution < 1.29 is 53.4 Å². The van der Waals surface area contributed by atoms with E-state index in [-0.39, 0.29) is 10.2 Å². The van der Waals surface area contributed by atoms with Crippen molar-refractivity contribution in [2.75, 3.05) is 5.32 Å². The molecule has 1 aliphatic carbocycles. The van der Waals surface area contributed by atoms with E-state index >= 15 is 0 Å². The number of carbonyl (C=O) groups excluding carboxylic acids is 1. The second-order valence-corrected chi connectivity index (χ2v) is 8.95. The molecule has 1 fully saturated rings. The fraction of sp³-hybridized carbons (Fsp3) is 0.364. The summed E-state index contributed by atoms with van der Waals surface area (Å²) in [6.07, 6.45) is -20.8. The molecular weight excluding hydrogens is 606 g/mol. The fourth-order valence-electron chi connectivity index (χ4n) is 3.31. The summed E-state index contributed by atoms with van der Waals surface area (Å²) in [6.45, 7) is 0. The van der Waals surface area contributed by atoms with Crippen LogP contribution < -0.4 is 15.4 Å². The Balaban J connectivity index is 2.00. The van der Waals surface area contributed by atoms with Crippen molar-refractivity contribution in [1.82, 2.24) is 15.1 Å². The van der Waals surface area contributed by atoms with Gasteiger partial charge in [-0.3, -0.25) is 4.79 Å². The Morgan fingerprint density at radius 3 is 2.34 bits per heavy atom. The highest BCUT2D eigenvalue weighted by atomic mass is 35.5. The molecule has 0 radical (unpaired) electrons. The third kappa shape index (κ3) is 6.66. The van der Waals surface area contributed by atoms with Crippen molar-refractivity contribution in [2.45, 2.75) is 43.0 Å². The molecule has 1 aromatic heterocycles. The number of nitrogens with one attached hydrogen (secondary N) is 3. The maximum atomic E-state index is 14.5. The molecule has 222 valence electrons. The molecule has 0 saturated heterocycles. The number of halogens is 11. The van der Waals surface area contributed by atoms with Crippen LogP contribution in [0.15, 0.2) is 18.3 Å². The lowest BCUT2D eigenvalue weighted by atomic mass is 10.0. The zero-order valence-electron chi connectivity index (χ0n) is 20.1. The van der Waals surface area contributed by atoms with Crippen LogP contribution in [0.2, 0.25) is 5.02 Å². The molecule has 0 spiro atoms. The third-order valence-corrected chi connectivity index (χ3v) is 5.94. The number of alkyl halides is 9. The quantitative estimate of drug-likeness (QED) is 0.235. The number of nitrogens with zero attached hydrogens (tertiary/aromatic N) is 3. The molecule has 3 rings (SSSR count). The summed E-state index contributed by atoms with van der Waals surface area (Å²) in [4.78, 5) is 12.6. The molecule has 1 amide bonds. The van der Waals surface area contributed by atoms with Gasteiger partial charge in [0, 0.05) is 25.0 Å². The van der Waals surface area contributed by atoms with Crippen LogP contribution in [0, 0.1) is 22.6 Å². The Hall–Kier alpha value is -4.01. The lowest BCUT2D eigenvalue weighted by Crippen LogP contribution is -2.46. The molecule has 1 unspecified atom stereocenters. The van der Waals surface area contributed by atoms with Gasteiger partial charge in [0.2, 0.25) is 0 Å². The van der Waals surface area contributed by atoms with E-state index in [1.165, 1.54) is 0 Å². The van der Waals surface area contributed by atoms with Gasteiger partial charge < -0.3 is 20.8 Å². The van der Waals surface area contributed by atoms with Crippen LogP contribution in [0.4, 0.5) is 49.7 Å². The van der Waals surface area contributed by atoms with Crippen molar-refractivity contribution >= 4 is 35.1 Å². The second kappa shape index (κ2) is 10.8. The Kier molecular flexibility index (Phi) is 8.27. The zero-order chi connectivity index (χ0) is 31.1. The number of allylic oxidation sites excluding steroid dienone is 1. The summed E-state index contributed by atoms with van der Waals surface area (Å²) in [5.74, 6) is -5.47. The number of aryl methyl sites for hydroxylation is 1. The van der Waals surface area contributed by atoms with Gasteiger partial charge in [-0.2, -0.15) is 40.4 Å². The maximum Gasteiger partial charge on any atom is 0.440 e. The lowest BCUT2D eigenvalue weighted by molar-refractivity contribution is -0.306. The predicted octanol–water partition coefficient (Wildman–Crippen LogP) is 5.99. The third-order valence-electron chi connectivity index (χ3n) is 5.56. The molecule has 1 heterocycles. The first-order valence-electron chi connectivity index (χ1n) is 10.9.